The molecule has 0 amide bonds. The number of hydrogen-bond acceptors (Lipinski definition) is 5. The zero-order valence-electron chi connectivity index (χ0n) is 19.2. The Kier molecular flexibility index (Phi) is 10.1. The fourth-order valence-corrected chi connectivity index (χ4v) is 4.37. The third-order valence-corrected chi connectivity index (χ3v) is 6.24. The number of rotatable bonds is 10. The molecule has 0 saturated heterocycles. The van der Waals surface area contributed by atoms with Crippen LogP contribution in [0.4, 0.5) is 0 Å². The van der Waals surface area contributed by atoms with Crippen LogP contribution in [-0.4, -0.2) is 26.5 Å². The van der Waals surface area contributed by atoms with Crippen molar-refractivity contribution in [2.24, 2.45) is 0 Å². The van der Waals surface area contributed by atoms with Crippen LogP contribution >= 0.6 is 17.0 Å². The molecule has 0 aliphatic heterocycles. The van der Waals surface area contributed by atoms with E-state index in [2.05, 4.69) is 53.7 Å². The van der Waals surface area contributed by atoms with Crippen LogP contribution in [0, 0.1) is 0 Å². The minimum atomic E-state index is -1.44. The van der Waals surface area contributed by atoms with E-state index >= 15 is 0 Å². The van der Waals surface area contributed by atoms with E-state index in [1.54, 1.807) is 0 Å². The summed E-state index contributed by atoms with van der Waals surface area (Å²) in [6.45, 7) is 22.6. The predicted molar refractivity (Wildman–Crippen MR) is 120 cm³/mol. The van der Waals surface area contributed by atoms with Gasteiger partial charge in [0.25, 0.3) is 0 Å². The molecule has 1 rings (SSSR count). The van der Waals surface area contributed by atoms with Crippen molar-refractivity contribution in [2.75, 3.05) is 26.5 Å². The summed E-state index contributed by atoms with van der Waals surface area (Å²) in [6.07, 6.45) is 0. The summed E-state index contributed by atoms with van der Waals surface area (Å²) in [5, 5.41) is 0. The fraction of sp³-hybridized carbons (Fsp3) is 0.714. The van der Waals surface area contributed by atoms with Gasteiger partial charge >= 0.3 is 8.60 Å². The van der Waals surface area contributed by atoms with Crippen LogP contribution in [-0.2, 0) is 24.4 Å². The van der Waals surface area contributed by atoms with Gasteiger partial charge in [-0.25, -0.2) is 0 Å². The van der Waals surface area contributed by atoms with Crippen molar-refractivity contribution in [3.8, 4) is 11.5 Å². The van der Waals surface area contributed by atoms with Crippen LogP contribution in [0.1, 0.15) is 73.4 Å². The highest BCUT2D eigenvalue weighted by Crippen LogP contribution is 2.49. The van der Waals surface area contributed by atoms with E-state index in [4.69, 9.17) is 22.6 Å². The Hall–Kier alpha value is -0.440. The first kappa shape index (κ1) is 25.6. The molecule has 0 aromatic heterocycles. The van der Waals surface area contributed by atoms with Gasteiger partial charge in [-0.1, -0.05) is 41.5 Å². The summed E-state index contributed by atoms with van der Waals surface area (Å²) in [5.41, 5.74) is 1.88. The molecule has 1 aromatic rings. The van der Waals surface area contributed by atoms with Gasteiger partial charge in [-0.3, -0.25) is 0 Å². The topological polar surface area (TPSA) is 46.2 Å². The average molecular weight is 432 g/mol. The van der Waals surface area contributed by atoms with Crippen molar-refractivity contribution in [1.29, 1.82) is 0 Å². The van der Waals surface area contributed by atoms with Crippen LogP contribution in [0.15, 0.2) is 12.1 Å². The Labute approximate surface area is 174 Å². The van der Waals surface area contributed by atoms with Crippen molar-refractivity contribution in [1.82, 2.24) is 0 Å². The molecular weight excluding hydrogens is 394 g/mol. The normalized spacial score (nSPS) is 13.7. The van der Waals surface area contributed by atoms with Crippen molar-refractivity contribution in [2.45, 2.75) is 73.1 Å². The van der Waals surface area contributed by atoms with Crippen LogP contribution in [0.25, 0.3) is 0 Å². The molecule has 0 spiro atoms. The lowest BCUT2D eigenvalue weighted by Crippen LogP contribution is -2.18. The molecule has 0 fully saturated rings. The molecule has 0 radical (unpaired) electrons. The average Bonchev–Trinajstić information content (AvgIpc) is 2.54. The van der Waals surface area contributed by atoms with Crippen LogP contribution in [0.2, 0.25) is 0 Å². The lowest BCUT2D eigenvalue weighted by Gasteiger charge is -2.30. The van der Waals surface area contributed by atoms with Crippen LogP contribution < -0.4 is 9.05 Å². The van der Waals surface area contributed by atoms with Crippen molar-refractivity contribution < 1.29 is 22.6 Å². The standard InChI is InChI=1S/C21H38O5P2/c1-11-22-27(10)25-18-14-17(21(7,8)9)19(15-16(18)20(4,5)6)26-28(23-12-2)24-13-3/h14-15H,11-13H2,1-10H3. The zero-order valence-corrected chi connectivity index (χ0v) is 21.0. The summed E-state index contributed by atoms with van der Waals surface area (Å²) in [4.78, 5) is 0. The van der Waals surface area contributed by atoms with Gasteiger partial charge in [-0.2, -0.15) is 0 Å². The molecule has 0 bridgehead atoms. The van der Waals surface area contributed by atoms with Gasteiger partial charge in [-0.05, 0) is 43.7 Å². The monoisotopic (exact) mass is 432 g/mol. The first-order chi connectivity index (χ1) is 12.9. The molecule has 0 saturated carbocycles. The highest BCUT2D eigenvalue weighted by molar-refractivity contribution is 7.46. The van der Waals surface area contributed by atoms with Gasteiger partial charge in [0.1, 0.15) is 11.5 Å². The van der Waals surface area contributed by atoms with E-state index in [1.807, 2.05) is 27.4 Å². The van der Waals surface area contributed by atoms with Crippen LogP contribution in [0.5, 0.6) is 11.5 Å². The van der Waals surface area contributed by atoms with Gasteiger partial charge in [-0.15, -0.1) is 0 Å². The molecule has 0 N–H and O–H groups in total. The Bertz CT molecular complexity index is 602. The maximum absolute atomic E-state index is 6.24. The molecule has 162 valence electrons. The van der Waals surface area contributed by atoms with Gasteiger partial charge in [0, 0.05) is 17.8 Å². The van der Waals surface area contributed by atoms with Gasteiger partial charge in [0.05, 0.1) is 19.8 Å². The molecule has 0 aliphatic carbocycles. The van der Waals surface area contributed by atoms with Crippen molar-refractivity contribution >= 4 is 17.0 Å². The summed E-state index contributed by atoms with van der Waals surface area (Å²) in [7, 11) is -2.43. The molecule has 1 unspecified atom stereocenters. The lowest BCUT2D eigenvalue weighted by atomic mass is 9.81. The van der Waals surface area contributed by atoms with Crippen molar-refractivity contribution in [3.05, 3.63) is 23.3 Å². The second-order valence-corrected chi connectivity index (χ2v) is 10.9. The zero-order chi connectivity index (χ0) is 21.5. The first-order valence-electron chi connectivity index (χ1n) is 9.91. The van der Waals surface area contributed by atoms with Gasteiger partial charge in [0.15, 0.2) is 0 Å². The molecule has 1 aromatic carbocycles. The number of benzene rings is 1. The Balaban J connectivity index is 3.48. The highest BCUT2D eigenvalue weighted by atomic mass is 31.2. The summed E-state index contributed by atoms with van der Waals surface area (Å²) in [6, 6.07) is 4.18. The second kappa shape index (κ2) is 11.1. The number of hydrogen-bond donors (Lipinski definition) is 0. The van der Waals surface area contributed by atoms with E-state index in [1.165, 1.54) is 0 Å². The quantitative estimate of drug-likeness (QED) is 0.363. The largest absolute Gasteiger partial charge is 0.447 e. The predicted octanol–water partition coefficient (Wildman–Crippen LogP) is 7.32. The van der Waals surface area contributed by atoms with E-state index in [0.717, 1.165) is 22.6 Å². The minimum Gasteiger partial charge on any atom is -0.447 e. The molecular formula is C21H38O5P2. The van der Waals surface area contributed by atoms with Gasteiger partial charge < -0.3 is 22.6 Å². The second-order valence-electron chi connectivity index (χ2n) is 8.44. The minimum absolute atomic E-state index is 0.119. The maximum atomic E-state index is 6.24. The molecule has 1 atom stereocenters. The van der Waals surface area contributed by atoms with E-state index < -0.39 is 17.0 Å². The summed E-state index contributed by atoms with van der Waals surface area (Å²) >= 11 is 0. The van der Waals surface area contributed by atoms with Crippen molar-refractivity contribution in [3.63, 3.8) is 0 Å². The van der Waals surface area contributed by atoms with Crippen LogP contribution in [0.3, 0.4) is 0 Å². The lowest BCUT2D eigenvalue weighted by molar-refractivity contribution is 0.220. The Morgan fingerprint density at radius 3 is 1.43 bits per heavy atom. The fourth-order valence-electron chi connectivity index (χ4n) is 2.61. The molecule has 0 heterocycles. The van der Waals surface area contributed by atoms with E-state index in [-0.39, 0.29) is 10.8 Å². The first-order valence-corrected chi connectivity index (χ1v) is 12.6. The van der Waals surface area contributed by atoms with Gasteiger partial charge in [0.2, 0.25) is 8.38 Å². The summed E-state index contributed by atoms with van der Waals surface area (Å²) < 4.78 is 29.5. The molecule has 5 nitrogen and oxygen atoms in total. The maximum Gasteiger partial charge on any atom is 0.397 e. The third kappa shape index (κ3) is 7.76. The molecule has 7 heteroatoms. The summed E-state index contributed by atoms with van der Waals surface area (Å²) in [5.74, 6) is 1.64. The third-order valence-electron chi connectivity index (χ3n) is 3.88. The van der Waals surface area contributed by atoms with E-state index in [0.29, 0.717) is 19.8 Å². The smallest absolute Gasteiger partial charge is 0.397 e. The molecule has 28 heavy (non-hydrogen) atoms. The highest BCUT2D eigenvalue weighted by Gasteiger charge is 2.29. The SMILES string of the molecule is CCOP(C)Oc1cc(C(C)(C)C)c(OP(OCC)OCC)cc1C(C)(C)C. The molecule has 0 aliphatic rings. The Morgan fingerprint density at radius 2 is 1.07 bits per heavy atom. The Morgan fingerprint density at radius 1 is 0.679 bits per heavy atom. The van der Waals surface area contributed by atoms with E-state index in [9.17, 15) is 0 Å².